The zero-order valence-corrected chi connectivity index (χ0v) is 16.7. The van der Waals surface area contributed by atoms with Crippen LogP contribution in [0.1, 0.15) is 0 Å². The Labute approximate surface area is 181 Å². The first-order valence-electron chi connectivity index (χ1n) is 10.00. The van der Waals surface area contributed by atoms with Crippen LogP contribution in [0.15, 0.2) is 0 Å². The normalized spacial score (nSPS) is 52.7. The summed E-state index contributed by atoms with van der Waals surface area (Å²) in [6.45, 7) is -1.86. The van der Waals surface area contributed by atoms with Gasteiger partial charge in [0, 0.05) is 0 Å². The van der Waals surface area contributed by atoms with Crippen molar-refractivity contribution in [1.82, 2.24) is 0 Å². The van der Waals surface area contributed by atoms with E-state index >= 15 is 0 Å². The van der Waals surface area contributed by atoms with Gasteiger partial charge in [-0.05, 0) is 0 Å². The summed E-state index contributed by atoms with van der Waals surface area (Å²) in [5.41, 5.74) is 0. The van der Waals surface area contributed by atoms with Crippen LogP contribution in [0.4, 0.5) is 0 Å². The highest BCUT2D eigenvalue weighted by Gasteiger charge is 2.52. The molecule has 0 amide bonds. The molecule has 0 aromatic carbocycles. The molecule has 0 radical (unpaired) electrons. The van der Waals surface area contributed by atoms with Crippen LogP contribution in [0.3, 0.4) is 0 Å². The van der Waals surface area contributed by atoms with Crippen LogP contribution in [0.5, 0.6) is 0 Å². The second-order valence-corrected chi connectivity index (χ2v) is 7.88. The molecule has 3 fully saturated rings. The predicted molar refractivity (Wildman–Crippen MR) is 95.2 cm³/mol. The van der Waals surface area contributed by atoms with E-state index in [1.54, 1.807) is 0 Å². The van der Waals surface area contributed by atoms with Crippen LogP contribution in [-0.2, 0) is 23.7 Å². The van der Waals surface area contributed by atoms with Crippen molar-refractivity contribution < 1.29 is 74.7 Å². The monoisotopic (exact) mass is 474 g/mol. The maximum absolute atomic E-state index is 10.5. The van der Waals surface area contributed by atoms with Gasteiger partial charge in [0.25, 0.3) is 0 Å². The lowest BCUT2D eigenvalue weighted by Gasteiger charge is -2.47. The van der Waals surface area contributed by atoms with Gasteiger partial charge in [-0.3, -0.25) is 0 Å². The fourth-order valence-electron chi connectivity index (χ4n) is 3.74. The van der Waals surface area contributed by atoms with Gasteiger partial charge in [0.1, 0.15) is 67.1 Å². The summed E-state index contributed by atoms with van der Waals surface area (Å²) in [5, 5.41) is 98.8. The van der Waals surface area contributed by atoms with Crippen LogP contribution in [0, 0.1) is 0 Å². The van der Waals surface area contributed by atoms with Gasteiger partial charge in [0.15, 0.2) is 18.9 Å². The molecule has 0 aromatic rings. The van der Waals surface area contributed by atoms with Crippen molar-refractivity contribution in [2.24, 2.45) is 0 Å². The average Bonchev–Trinajstić information content (AvgIpc) is 2.78. The van der Waals surface area contributed by atoms with Gasteiger partial charge < -0.3 is 74.7 Å². The fraction of sp³-hybridized carbons (Fsp3) is 1.00. The van der Waals surface area contributed by atoms with Crippen LogP contribution in [0.25, 0.3) is 0 Å². The van der Waals surface area contributed by atoms with E-state index in [0.29, 0.717) is 0 Å². The van der Waals surface area contributed by atoms with Gasteiger partial charge in [-0.15, -0.1) is 0 Å². The molecule has 0 saturated carbocycles. The van der Waals surface area contributed by atoms with Crippen molar-refractivity contribution in [3.63, 3.8) is 0 Å². The van der Waals surface area contributed by atoms with Gasteiger partial charge in [-0.1, -0.05) is 0 Å². The van der Waals surface area contributed by atoms with Crippen molar-refractivity contribution in [2.75, 3.05) is 19.8 Å². The summed E-state index contributed by atoms with van der Waals surface area (Å²) in [6.07, 6.45) is -22.5. The zero-order valence-electron chi connectivity index (χ0n) is 16.7. The molecule has 15 heteroatoms. The van der Waals surface area contributed by atoms with Gasteiger partial charge in [0.05, 0.1) is 19.8 Å². The van der Waals surface area contributed by atoms with Crippen LogP contribution < -0.4 is 0 Å². The first kappa shape index (κ1) is 26.0. The molecule has 3 saturated heterocycles. The molecule has 0 unspecified atom stereocenters. The minimum absolute atomic E-state index is 0.378. The number of ether oxygens (including phenoxy) is 5. The van der Waals surface area contributed by atoms with Crippen molar-refractivity contribution in [2.45, 2.75) is 86.0 Å². The number of rotatable bonds is 6. The van der Waals surface area contributed by atoms with Gasteiger partial charge >= 0.3 is 0 Å². The van der Waals surface area contributed by atoms with Crippen molar-refractivity contribution in [3.8, 4) is 0 Å². The fourth-order valence-corrected chi connectivity index (χ4v) is 3.74. The topological polar surface area (TPSA) is 248 Å². The summed E-state index contributed by atoms with van der Waals surface area (Å²) in [5.74, 6) is 0. The lowest BCUT2D eigenvalue weighted by atomic mass is 9.97. The number of hydrogen-bond donors (Lipinski definition) is 10. The van der Waals surface area contributed by atoms with Gasteiger partial charge in [0.2, 0.25) is 0 Å². The van der Waals surface area contributed by atoms with E-state index in [2.05, 4.69) is 0 Å². The third kappa shape index (κ3) is 5.07. The molecule has 0 spiro atoms. The Hall–Kier alpha value is -0.600. The molecule has 10 N–H and O–H groups in total. The molecule has 188 valence electrons. The number of aliphatic hydroxyl groups excluding tert-OH is 10. The van der Waals surface area contributed by atoms with E-state index in [1.807, 2.05) is 0 Å². The molecule has 14 atom stereocenters. The molecule has 0 aromatic heterocycles. The Bertz CT molecular complexity index is 592. The predicted octanol–water partition coefficient (Wildman–Crippen LogP) is -6.93. The standard InChI is InChI=1S/C17H30O15/c18-1-4-7(20)9(22)12(25)17(29-4)32-14-5(2-19)30-16(13(26)10(14)23)31-6-3-28-15(27)11(24)8(6)21/h4-27H,1-3H2/t4-,5-,6-,7+,8+,9+,10-,11+,12-,13-,14+,15-,16+,17+/m1/s1. The third-order valence-corrected chi connectivity index (χ3v) is 5.72. The Morgan fingerprint density at radius 2 is 1.16 bits per heavy atom. The van der Waals surface area contributed by atoms with E-state index in [-0.39, 0.29) is 6.61 Å². The lowest BCUT2D eigenvalue weighted by molar-refractivity contribution is -0.371. The largest absolute Gasteiger partial charge is 0.394 e. The second-order valence-electron chi connectivity index (χ2n) is 7.88. The highest BCUT2D eigenvalue weighted by Crippen LogP contribution is 2.30. The summed E-state index contributed by atoms with van der Waals surface area (Å²) >= 11 is 0. The summed E-state index contributed by atoms with van der Waals surface area (Å²) < 4.78 is 26.2. The zero-order chi connectivity index (χ0) is 23.7. The first-order valence-corrected chi connectivity index (χ1v) is 10.00. The molecule has 3 aliphatic rings. The first-order chi connectivity index (χ1) is 15.1. The number of aliphatic hydroxyl groups is 10. The van der Waals surface area contributed by atoms with Crippen molar-refractivity contribution >= 4 is 0 Å². The molecule has 3 heterocycles. The van der Waals surface area contributed by atoms with E-state index in [1.165, 1.54) is 0 Å². The highest BCUT2D eigenvalue weighted by molar-refractivity contribution is 4.95. The summed E-state index contributed by atoms with van der Waals surface area (Å²) in [7, 11) is 0. The summed E-state index contributed by atoms with van der Waals surface area (Å²) in [4.78, 5) is 0. The smallest absolute Gasteiger partial charge is 0.187 e. The second kappa shape index (κ2) is 10.8. The Kier molecular flexibility index (Phi) is 8.75. The molecule has 0 aliphatic carbocycles. The van der Waals surface area contributed by atoms with E-state index in [0.717, 1.165) is 0 Å². The van der Waals surface area contributed by atoms with Gasteiger partial charge in [-0.25, -0.2) is 0 Å². The highest BCUT2D eigenvalue weighted by atomic mass is 16.7. The maximum Gasteiger partial charge on any atom is 0.187 e. The molecule has 0 bridgehead atoms. The molecule has 32 heavy (non-hydrogen) atoms. The SMILES string of the molecule is OC[C@H]1O[C@@H](O[C@@H]2[C@H](O)[C@@H](O)[C@H](O[C@@H]3CO[C@@H](O)[C@@H](O)[C@H]3O)O[C@@H]2CO)[C@H](O)[C@@H](O)[C@H]1O. The van der Waals surface area contributed by atoms with E-state index in [4.69, 9.17) is 23.7 Å². The van der Waals surface area contributed by atoms with Gasteiger partial charge in [-0.2, -0.15) is 0 Å². The Morgan fingerprint density at radius 1 is 0.594 bits per heavy atom. The van der Waals surface area contributed by atoms with Crippen molar-refractivity contribution in [3.05, 3.63) is 0 Å². The number of hydrogen-bond acceptors (Lipinski definition) is 15. The Morgan fingerprint density at radius 3 is 1.78 bits per heavy atom. The minimum atomic E-state index is -1.82. The average molecular weight is 474 g/mol. The molecular weight excluding hydrogens is 444 g/mol. The molecule has 3 aliphatic heterocycles. The van der Waals surface area contributed by atoms with Crippen LogP contribution in [-0.4, -0.2) is 157 Å². The quantitative estimate of drug-likeness (QED) is 0.172. The molecule has 3 rings (SSSR count). The molecule has 15 nitrogen and oxygen atoms in total. The van der Waals surface area contributed by atoms with E-state index < -0.39 is 99.2 Å². The summed E-state index contributed by atoms with van der Waals surface area (Å²) in [6, 6.07) is 0. The van der Waals surface area contributed by atoms with Crippen LogP contribution in [0.2, 0.25) is 0 Å². The minimum Gasteiger partial charge on any atom is -0.394 e. The van der Waals surface area contributed by atoms with Crippen molar-refractivity contribution in [1.29, 1.82) is 0 Å². The van der Waals surface area contributed by atoms with E-state index in [9.17, 15) is 51.1 Å². The third-order valence-electron chi connectivity index (χ3n) is 5.72. The Balaban J connectivity index is 1.67. The molecular formula is C17H30O15. The lowest BCUT2D eigenvalue weighted by Crippen LogP contribution is -2.65. The van der Waals surface area contributed by atoms with Crippen LogP contribution >= 0.6 is 0 Å². The maximum atomic E-state index is 10.5.